The summed E-state index contributed by atoms with van der Waals surface area (Å²) in [5.41, 5.74) is 5.80. The van der Waals surface area contributed by atoms with Gasteiger partial charge in [0.2, 0.25) is 10.0 Å². The normalized spacial score (nSPS) is 26.2. The van der Waals surface area contributed by atoms with Crippen molar-refractivity contribution in [2.75, 3.05) is 25.4 Å². The molecule has 2 N–H and O–H groups in total. The molecule has 17 heavy (non-hydrogen) atoms. The van der Waals surface area contributed by atoms with Crippen LogP contribution in [-0.4, -0.2) is 50.3 Å². The maximum absolute atomic E-state index is 11.9. The summed E-state index contributed by atoms with van der Waals surface area (Å²) in [5, 5.41) is 0. The Bertz CT molecular complexity index is 312. The van der Waals surface area contributed by atoms with Crippen molar-refractivity contribution in [3.05, 3.63) is 0 Å². The largest absolute Gasteiger partial charge is 0.378 e. The Labute approximate surface area is 110 Å². The van der Waals surface area contributed by atoms with E-state index in [4.69, 9.17) is 10.5 Å². The molecule has 0 aliphatic carbocycles. The Morgan fingerprint density at radius 2 is 2.00 bits per heavy atom. The number of halogens is 1. The van der Waals surface area contributed by atoms with Gasteiger partial charge in [-0.2, -0.15) is 4.31 Å². The molecule has 0 aromatic heterocycles. The van der Waals surface area contributed by atoms with Gasteiger partial charge in [0.1, 0.15) is 0 Å². The van der Waals surface area contributed by atoms with Gasteiger partial charge in [0.05, 0.1) is 18.5 Å². The summed E-state index contributed by atoms with van der Waals surface area (Å²) in [6, 6.07) is -0.0409. The van der Waals surface area contributed by atoms with Crippen LogP contribution in [0.5, 0.6) is 0 Å². The Morgan fingerprint density at radius 1 is 1.41 bits per heavy atom. The monoisotopic (exact) mass is 286 g/mol. The van der Waals surface area contributed by atoms with Crippen molar-refractivity contribution in [3.63, 3.8) is 0 Å². The maximum atomic E-state index is 11.9. The van der Waals surface area contributed by atoms with Crippen LogP contribution in [0.4, 0.5) is 0 Å². The molecule has 0 bridgehead atoms. The molecule has 0 saturated carbocycles. The van der Waals surface area contributed by atoms with Crippen LogP contribution in [0, 0.1) is 5.92 Å². The van der Waals surface area contributed by atoms with Crippen molar-refractivity contribution in [1.29, 1.82) is 0 Å². The van der Waals surface area contributed by atoms with Crippen LogP contribution >= 0.6 is 12.4 Å². The zero-order valence-electron chi connectivity index (χ0n) is 10.6. The zero-order chi connectivity index (χ0) is 12.3. The molecular weight excluding hydrogens is 264 g/mol. The lowest BCUT2D eigenvalue weighted by atomic mass is 10.1. The lowest BCUT2D eigenvalue weighted by Crippen LogP contribution is -2.35. The second kappa shape index (κ2) is 6.89. The Morgan fingerprint density at radius 3 is 2.41 bits per heavy atom. The summed E-state index contributed by atoms with van der Waals surface area (Å²) in [6.45, 7) is 6.97. The molecule has 2 unspecified atom stereocenters. The molecule has 0 aromatic carbocycles. The number of rotatable bonds is 5. The molecule has 5 nitrogen and oxygen atoms in total. The first-order valence-electron chi connectivity index (χ1n) is 5.68. The third-order valence-electron chi connectivity index (χ3n) is 2.82. The molecule has 1 heterocycles. The van der Waals surface area contributed by atoms with Crippen LogP contribution in [0.1, 0.15) is 20.8 Å². The van der Waals surface area contributed by atoms with E-state index in [0.717, 1.165) is 0 Å². The molecule has 1 aliphatic heterocycles. The molecule has 2 atom stereocenters. The van der Waals surface area contributed by atoms with E-state index < -0.39 is 10.0 Å². The van der Waals surface area contributed by atoms with E-state index in [1.165, 1.54) is 4.31 Å². The topological polar surface area (TPSA) is 72.6 Å². The summed E-state index contributed by atoms with van der Waals surface area (Å²) in [6.07, 6.45) is 0.0648. The van der Waals surface area contributed by atoms with Crippen LogP contribution in [-0.2, 0) is 14.8 Å². The van der Waals surface area contributed by atoms with Gasteiger partial charge in [-0.15, -0.1) is 12.4 Å². The highest BCUT2D eigenvalue weighted by Gasteiger charge is 2.33. The number of sulfonamides is 1. The van der Waals surface area contributed by atoms with Crippen molar-refractivity contribution < 1.29 is 13.2 Å². The number of nitrogens with two attached hydrogens (primary N) is 1. The standard InChI is InChI=1S/C10H22N2O3S.ClH/c1-8(2)15-4-5-16(13,14)12-6-9(3)10(11)7-12;/h8-10H,4-7,11H2,1-3H3;1H. The number of ether oxygens (including phenoxy) is 1. The molecule has 1 saturated heterocycles. The predicted octanol–water partition coefficient (Wildman–Crippen LogP) is 0.442. The number of hydrogen-bond acceptors (Lipinski definition) is 4. The molecule has 104 valence electrons. The van der Waals surface area contributed by atoms with Crippen molar-refractivity contribution in [3.8, 4) is 0 Å². The third-order valence-corrected chi connectivity index (χ3v) is 4.59. The van der Waals surface area contributed by atoms with Gasteiger partial charge in [-0.25, -0.2) is 8.42 Å². The molecular formula is C10H23ClN2O3S. The predicted molar refractivity (Wildman–Crippen MR) is 70.8 cm³/mol. The zero-order valence-corrected chi connectivity index (χ0v) is 12.3. The highest BCUT2D eigenvalue weighted by atomic mass is 35.5. The fourth-order valence-corrected chi connectivity index (χ4v) is 3.12. The van der Waals surface area contributed by atoms with E-state index >= 15 is 0 Å². The van der Waals surface area contributed by atoms with E-state index in [9.17, 15) is 8.42 Å². The Hall–Kier alpha value is 0.120. The minimum Gasteiger partial charge on any atom is -0.378 e. The summed E-state index contributed by atoms with van der Waals surface area (Å²) in [7, 11) is -3.19. The molecule has 1 fully saturated rings. The highest BCUT2D eigenvalue weighted by molar-refractivity contribution is 7.89. The number of hydrogen-bond donors (Lipinski definition) is 1. The van der Waals surface area contributed by atoms with E-state index in [2.05, 4.69) is 0 Å². The van der Waals surface area contributed by atoms with Crippen molar-refractivity contribution >= 4 is 22.4 Å². The summed E-state index contributed by atoms with van der Waals surface area (Å²) >= 11 is 0. The molecule has 1 aliphatic rings. The fourth-order valence-electron chi connectivity index (χ4n) is 1.69. The van der Waals surface area contributed by atoms with Gasteiger partial charge < -0.3 is 10.5 Å². The SMILES string of the molecule is CC(C)OCCS(=O)(=O)N1CC(C)C(N)C1.Cl. The first-order chi connectivity index (χ1) is 7.33. The van der Waals surface area contributed by atoms with Crippen LogP contribution in [0.3, 0.4) is 0 Å². The van der Waals surface area contributed by atoms with Crippen LogP contribution < -0.4 is 5.73 Å². The first kappa shape index (κ1) is 17.1. The van der Waals surface area contributed by atoms with Gasteiger partial charge in [-0.3, -0.25) is 0 Å². The van der Waals surface area contributed by atoms with Gasteiger partial charge >= 0.3 is 0 Å². The summed E-state index contributed by atoms with van der Waals surface area (Å²) in [5.74, 6) is 0.283. The third kappa shape index (κ3) is 5.09. The van der Waals surface area contributed by atoms with Crippen LogP contribution in [0.2, 0.25) is 0 Å². The average molecular weight is 287 g/mol. The number of nitrogens with zero attached hydrogens (tertiary/aromatic N) is 1. The van der Waals surface area contributed by atoms with Gasteiger partial charge in [0.25, 0.3) is 0 Å². The molecule has 7 heteroatoms. The smallest absolute Gasteiger partial charge is 0.216 e. The van der Waals surface area contributed by atoms with Crippen molar-refractivity contribution in [2.24, 2.45) is 11.7 Å². The van der Waals surface area contributed by atoms with Crippen molar-refractivity contribution in [1.82, 2.24) is 4.31 Å². The summed E-state index contributed by atoms with van der Waals surface area (Å²) < 4.78 is 30.5. The van der Waals surface area contributed by atoms with Gasteiger partial charge in [-0.1, -0.05) is 6.92 Å². The summed E-state index contributed by atoms with van der Waals surface area (Å²) in [4.78, 5) is 0. The minimum atomic E-state index is -3.19. The van der Waals surface area contributed by atoms with Crippen LogP contribution in [0.15, 0.2) is 0 Å². The first-order valence-corrected chi connectivity index (χ1v) is 7.29. The molecule has 0 aromatic rings. The highest BCUT2D eigenvalue weighted by Crippen LogP contribution is 2.18. The van der Waals surface area contributed by atoms with Gasteiger partial charge in [0, 0.05) is 19.1 Å². The fraction of sp³-hybridized carbons (Fsp3) is 1.00. The lowest BCUT2D eigenvalue weighted by Gasteiger charge is -2.16. The lowest BCUT2D eigenvalue weighted by molar-refractivity contribution is 0.0907. The Balaban J connectivity index is 0.00000256. The average Bonchev–Trinajstić information content (AvgIpc) is 2.46. The molecule has 0 radical (unpaired) electrons. The van der Waals surface area contributed by atoms with E-state index in [0.29, 0.717) is 13.1 Å². The van der Waals surface area contributed by atoms with E-state index in [1.807, 2.05) is 20.8 Å². The molecule has 1 rings (SSSR count). The Kier molecular flexibility index (Phi) is 6.94. The molecule has 0 spiro atoms. The second-order valence-corrected chi connectivity index (χ2v) is 6.78. The quantitative estimate of drug-likeness (QED) is 0.796. The van der Waals surface area contributed by atoms with Gasteiger partial charge in [-0.05, 0) is 19.8 Å². The minimum absolute atomic E-state index is 0. The maximum Gasteiger partial charge on any atom is 0.216 e. The van der Waals surface area contributed by atoms with Crippen LogP contribution in [0.25, 0.3) is 0 Å². The van der Waals surface area contributed by atoms with E-state index in [-0.39, 0.29) is 42.8 Å². The molecule has 0 amide bonds. The van der Waals surface area contributed by atoms with Gasteiger partial charge in [0.15, 0.2) is 0 Å². The van der Waals surface area contributed by atoms with E-state index in [1.54, 1.807) is 0 Å². The second-order valence-electron chi connectivity index (χ2n) is 4.69. The van der Waals surface area contributed by atoms with Crippen molar-refractivity contribution in [2.45, 2.75) is 32.9 Å².